The number of halogens is 2. The van der Waals surface area contributed by atoms with Crippen molar-refractivity contribution in [1.82, 2.24) is 9.55 Å². The summed E-state index contributed by atoms with van der Waals surface area (Å²) >= 11 is 0. The smallest absolute Gasteiger partial charge is 0.417 e. The highest BCUT2D eigenvalue weighted by Crippen LogP contribution is 2.28. The van der Waals surface area contributed by atoms with Gasteiger partial charge in [0.15, 0.2) is 5.82 Å². The number of hydrogen-bond acceptors (Lipinski definition) is 5. The molecule has 0 aliphatic heterocycles. The molecule has 0 saturated carbocycles. The Morgan fingerprint density at radius 2 is 1.97 bits per heavy atom. The average Bonchev–Trinajstić information content (AvgIpc) is 3.04. The van der Waals surface area contributed by atoms with E-state index in [-0.39, 0.29) is 28.8 Å². The fourth-order valence-electron chi connectivity index (χ4n) is 2.85. The summed E-state index contributed by atoms with van der Waals surface area (Å²) in [7, 11) is -3.88. The number of carboxylic acid groups (broad SMARTS) is 1. The van der Waals surface area contributed by atoms with E-state index in [0.717, 1.165) is 18.3 Å². The number of fused-ring (bicyclic) bond motifs is 1. The quantitative estimate of drug-likeness (QED) is 0.588. The third-order valence-electron chi connectivity index (χ3n) is 4.07. The number of hydrogen-bond donors (Lipinski definition) is 2. The van der Waals surface area contributed by atoms with Crippen LogP contribution in [-0.4, -0.2) is 40.7 Å². The van der Waals surface area contributed by atoms with E-state index in [1.807, 2.05) is 4.72 Å². The van der Waals surface area contributed by atoms with Crippen LogP contribution in [0.2, 0.25) is 0 Å². The van der Waals surface area contributed by atoms with Crippen molar-refractivity contribution in [2.75, 3.05) is 10.5 Å². The fourth-order valence-corrected chi connectivity index (χ4v) is 3.98. The molecule has 3 rings (SSSR count). The van der Waals surface area contributed by atoms with Crippen LogP contribution in [0.5, 0.6) is 0 Å². The Balaban J connectivity index is 2.15. The lowest BCUT2D eigenvalue weighted by atomic mass is 10.0. The van der Waals surface area contributed by atoms with Gasteiger partial charge in [0.2, 0.25) is 15.8 Å². The first-order chi connectivity index (χ1) is 13.7. The first kappa shape index (κ1) is 20.4. The molecule has 2 heterocycles. The Kier molecular flexibility index (Phi) is 5.33. The second-order valence-electron chi connectivity index (χ2n) is 6.10. The maximum Gasteiger partial charge on any atom is 0.417 e. The predicted octanol–water partition coefficient (Wildman–Crippen LogP) is 3.22. The van der Waals surface area contributed by atoms with Crippen molar-refractivity contribution in [1.29, 1.82) is 0 Å². The number of carbonyl (C=O) groups is 2. The Labute approximate surface area is 163 Å². The maximum atomic E-state index is 14.9. The van der Waals surface area contributed by atoms with Crippen molar-refractivity contribution >= 4 is 38.6 Å². The minimum absolute atomic E-state index is 0.0793. The summed E-state index contributed by atoms with van der Waals surface area (Å²) in [6.07, 6.45) is 1.05. The number of sulfonamides is 1. The number of rotatable bonds is 6. The van der Waals surface area contributed by atoms with Crippen molar-refractivity contribution in [2.24, 2.45) is 0 Å². The van der Waals surface area contributed by atoms with Crippen LogP contribution in [0.15, 0.2) is 36.7 Å². The first-order valence-corrected chi connectivity index (χ1v) is 10.0. The largest absolute Gasteiger partial charge is 0.464 e. The van der Waals surface area contributed by atoms with E-state index in [4.69, 9.17) is 0 Å². The summed E-state index contributed by atoms with van der Waals surface area (Å²) in [5.74, 6) is -4.04. The molecule has 0 saturated heterocycles. The van der Waals surface area contributed by atoms with Gasteiger partial charge in [-0.3, -0.25) is 9.52 Å². The number of benzene rings is 1. The monoisotopic (exact) mass is 423 g/mol. The third kappa shape index (κ3) is 3.81. The summed E-state index contributed by atoms with van der Waals surface area (Å²) in [5.41, 5.74) is -1.95. The number of pyridine rings is 1. The molecule has 0 radical (unpaired) electrons. The molecule has 0 atom stereocenters. The second-order valence-corrected chi connectivity index (χ2v) is 7.95. The SMILES string of the molecule is CCCS(=O)(=O)Nc1ccc(F)c(C(=O)c2cn(C(=O)O)c3ncccc23)c1F. The van der Waals surface area contributed by atoms with Crippen LogP contribution in [0.25, 0.3) is 11.0 Å². The highest BCUT2D eigenvalue weighted by molar-refractivity contribution is 7.92. The molecular weight excluding hydrogens is 408 g/mol. The summed E-state index contributed by atoms with van der Waals surface area (Å²) < 4.78 is 55.7. The maximum absolute atomic E-state index is 14.9. The van der Waals surface area contributed by atoms with Crippen LogP contribution in [0.4, 0.5) is 19.3 Å². The summed E-state index contributed by atoms with van der Waals surface area (Å²) in [4.78, 5) is 28.2. The normalized spacial score (nSPS) is 11.6. The molecule has 0 amide bonds. The molecule has 2 N–H and O–H groups in total. The molecular formula is C18H15F2N3O5S. The van der Waals surface area contributed by atoms with Gasteiger partial charge in [-0.2, -0.15) is 0 Å². The van der Waals surface area contributed by atoms with Crippen LogP contribution < -0.4 is 4.72 Å². The zero-order valence-corrected chi connectivity index (χ0v) is 15.8. The highest BCUT2D eigenvalue weighted by atomic mass is 32.2. The molecule has 0 fully saturated rings. The van der Waals surface area contributed by atoms with Crippen molar-refractivity contribution in [3.05, 3.63) is 59.4 Å². The van der Waals surface area contributed by atoms with Crippen molar-refractivity contribution < 1.29 is 31.9 Å². The van der Waals surface area contributed by atoms with Gasteiger partial charge in [0.05, 0.1) is 22.6 Å². The summed E-state index contributed by atoms with van der Waals surface area (Å²) in [6, 6.07) is 4.46. The molecule has 152 valence electrons. The lowest BCUT2D eigenvalue weighted by molar-refractivity contribution is 0.103. The van der Waals surface area contributed by atoms with Gasteiger partial charge in [0.1, 0.15) is 11.5 Å². The highest BCUT2D eigenvalue weighted by Gasteiger charge is 2.27. The van der Waals surface area contributed by atoms with E-state index in [0.29, 0.717) is 4.57 Å². The van der Waals surface area contributed by atoms with Gasteiger partial charge in [-0.25, -0.2) is 31.5 Å². The molecule has 0 aliphatic rings. The van der Waals surface area contributed by atoms with Gasteiger partial charge in [-0.15, -0.1) is 0 Å². The molecule has 0 aliphatic carbocycles. The lowest BCUT2D eigenvalue weighted by Gasteiger charge is -2.11. The van der Waals surface area contributed by atoms with Crippen LogP contribution in [0.1, 0.15) is 29.3 Å². The van der Waals surface area contributed by atoms with Crippen LogP contribution in [-0.2, 0) is 10.0 Å². The topological polar surface area (TPSA) is 118 Å². The van der Waals surface area contributed by atoms with Gasteiger partial charge < -0.3 is 5.11 Å². The fraction of sp³-hybridized carbons (Fsp3) is 0.167. The number of nitrogens with zero attached hydrogens (tertiary/aromatic N) is 2. The van der Waals surface area contributed by atoms with Gasteiger partial charge in [0, 0.05) is 17.8 Å². The molecule has 0 bridgehead atoms. The van der Waals surface area contributed by atoms with E-state index < -0.39 is 44.8 Å². The molecule has 0 spiro atoms. The molecule has 0 unspecified atom stereocenters. The van der Waals surface area contributed by atoms with Crippen LogP contribution in [0, 0.1) is 11.6 Å². The molecule has 11 heteroatoms. The summed E-state index contributed by atoms with van der Waals surface area (Å²) in [6.45, 7) is 1.61. The van der Waals surface area contributed by atoms with Crippen LogP contribution in [0.3, 0.4) is 0 Å². The molecule has 2 aromatic heterocycles. The van der Waals surface area contributed by atoms with E-state index in [1.54, 1.807) is 6.92 Å². The van der Waals surface area contributed by atoms with Gasteiger partial charge >= 0.3 is 6.09 Å². The number of ketones is 1. The average molecular weight is 423 g/mol. The Hall–Kier alpha value is -3.34. The molecule has 3 aromatic rings. The zero-order chi connectivity index (χ0) is 21.3. The Bertz CT molecular complexity index is 1240. The van der Waals surface area contributed by atoms with E-state index in [9.17, 15) is 31.9 Å². The number of anilines is 1. The third-order valence-corrected chi connectivity index (χ3v) is 5.55. The van der Waals surface area contributed by atoms with E-state index >= 15 is 0 Å². The van der Waals surface area contributed by atoms with Gasteiger partial charge in [-0.1, -0.05) is 6.92 Å². The summed E-state index contributed by atoms with van der Waals surface area (Å²) in [5, 5.41) is 9.35. The van der Waals surface area contributed by atoms with Crippen molar-refractivity contribution in [3.8, 4) is 0 Å². The van der Waals surface area contributed by atoms with Crippen LogP contribution >= 0.6 is 0 Å². The lowest BCUT2D eigenvalue weighted by Crippen LogP contribution is -2.18. The molecule has 1 aromatic carbocycles. The number of nitrogens with one attached hydrogen (secondary N) is 1. The van der Waals surface area contributed by atoms with Gasteiger partial charge in [0.25, 0.3) is 0 Å². The zero-order valence-electron chi connectivity index (χ0n) is 15.0. The Morgan fingerprint density at radius 1 is 1.24 bits per heavy atom. The standard InChI is InChI=1S/C18H15F2N3O5S/c1-2-8-29(27,28)22-13-6-5-12(19)14(15(13)20)16(24)11-9-23(18(25)26)17-10(11)4-3-7-21-17/h3-7,9,22H,2,8H2,1H3,(H,25,26). The van der Waals surface area contributed by atoms with E-state index in [2.05, 4.69) is 4.98 Å². The van der Waals surface area contributed by atoms with E-state index in [1.165, 1.54) is 18.3 Å². The first-order valence-electron chi connectivity index (χ1n) is 8.38. The molecule has 8 nitrogen and oxygen atoms in total. The second kappa shape index (κ2) is 7.59. The number of aromatic nitrogens is 2. The van der Waals surface area contributed by atoms with Crippen molar-refractivity contribution in [2.45, 2.75) is 13.3 Å². The Morgan fingerprint density at radius 3 is 2.62 bits per heavy atom. The number of carbonyl (C=O) groups excluding carboxylic acids is 1. The minimum Gasteiger partial charge on any atom is -0.464 e. The van der Waals surface area contributed by atoms with Gasteiger partial charge in [-0.05, 0) is 30.7 Å². The van der Waals surface area contributed by atoms with Crippen molar-refractivity contribution in [3.63, 3.8) is 0 Å². The molecule has 29 heavy (non-hydrogen) atoms. The minimum atomic E-state index is -3.88. The predicted molar refractivity (Wildman–Crippen MR) is 101 cm³/mol.